The molecule has 0 aromatic heterocycles. The van der Waals surface area contributed by atoms with Gasteiger partial charge in [0.15, 0.2) is 6.07 Å². The van der Waals surface area contributed by atoms with Crippen LogP contribution >= 0.6 is 0 Å². The van der Waals surface area contributed by atoms with Gasteiger partial charge in [0.05, 0.1) is 11.1 Å². The summed E-state index contributed by atoms with van der Waals surface area (Å²) in [5.41, 5.74) is 0.374. The van der Waals surface area contributed by atoms with E-state index in [0.717, 1.165) is 6.42 Å². The molecule has 0 aliphatic heterocycles. The molecule has 2 aromatic carbocycles. The van der Waals surface area contributed by atoms with Crippen LogP contribution < -0.4 is 4.74 Å². The summed E-state index contributed by atoms with van der Waals surface area (Å²) in [5, 5.41) is 8.59. The van der Waals surface area contributed by atoms with Gasteiger partial charge in [-0.05, 0) is 36.1 Å². The number of nitriles is 1. The molecule has 0 bridgehead atoms. The van der Waals surface area contributed by atoms with Gasteiger partial charge in [0.25, 0.3) is 0 Å². The van der Waals surface area contributed by atoms with Crippen LogP contribution in [-0.4, -0.2) is 5.97 Å². The minimum atomic E-state index is -0.708. The first-order chi connectivity index (χ1) is 11.2. The Hall–Kier alpha value is -3.11. The Labute approximate surface area is 134 Å². The highest BCUT2D eigenvalue weighted by atomic mass is 19.1. The summed E-state index contributed by atoms with van der Waals surface area (Å²) in [6.45, 7) is 1.93. The van der Waals surface area contributed by atoms with E-state index in [4.69, 9.17) is 10.00 Å². The highest BCUT2D eigenvalue weighted by molar-refractivity contribution is 5.94. The first kappa shape index (κ1) is 16.3. The lowest BCUT2D eigenvalue weighted by molar-refractivity contribution is 0.0734. The predicted octanol–water partition coefficient (Wildman–Crippen LogP) is 3.87. The zero-order valence-electron chi connectivity index (χ0n) is 12.6. The fourth-order valence-corrected chi connectivity index (χ4v) is 2.11. The molecule has 0 N–H and O–H groups in total. The average molecular weight is 307 g/mol. The van der Waals surface area contributed by atoms with Crippen LogP contribution in [-0.2, 0) is 6.42 Å². The van der Waals surface area contributed by atoms with Gasteiger partial charge in [0, 0.05) is 5.92 Å². The monoisotopic (exact) mass is 307 g/mol. The van der Waals surface area contributed by atoms with Gasteiger partial charge in [-0.25, -0.2) is 9.18 Å². The minimum Gasteiger partial charge on any atom is -0.423 e. The second-order valence-electron chi connectivity index (χ2n) is 4.78. The van der Waals surface area contributed by atoms with Crippen LogP contribution in [0.25, 0.3) is 0 Å². The molecule has 4 heteroatoms. The van der Waals surface area contributed by atoms with E-state index in [1.165, 1.54) is 6.07 Å². The Bertz CT molecular complexity index is 811. The molecule has 0 aliphatic rings. The van der Waals surface area contributed by atoms with Crippen molar-refractivity contribution in [3.05, 3.63) is 65.0 Å². The molecule has 0 radical (unpaired) electrons. The largest absolute Gasteiger partial charge is 0.423 e. The first-order valence-corrected chi connectivity index (χ1v) is 7.16. The number of halogens is 1. The summed E-state index contributed by atoms with van der Waals surface area (Å²) in [6.07, 6.45) is 1.29. The topological polar surface area (TPSA) is 50.1 Å². The van der Waals surface area contributed by atoms with Crippen LogP contribution in [0.1, 0.15) is 34.8 Å². The SMILES string of the molecule is CCCc1ccc(C(=O)Oc2ccccc2)c(C#CC#N)c1F. The van der Waals surface area contributed by atoms with Crippen molar-refractivity contribution in [2.24, 2.45) is 0 Å². The molecule has 0 fully saturated rings. The Kier molecular flexibility index (Phi) is 5.50. The smallest absolute Gasteiger partial charge is 0.344 e. The van der Waals surface area contributed by atoms with Crippen molar-refractivity contribution >= 4 is 5.97 Å². The van der Waals surface area contributed by atoms with Crippen molar-refractivity contribution < 1.29 is 13.9 Å². The molecule has 2 rings (SSSR count). The van der Waals surface area contributed by atoms with Crippen molar-refractivity contribution in [1.82, 2.24) is 0 Å². The standard InChI is InChI=1S/C19H14FNO2/c1-2-7-14-11-12-17(16(18(14)20)10-6-13-21)19(22)23-15-8-4-3-5-9-15/h3-5,8-9,11-12H,2,7H2,1H3. The molecule has 0 atom stereocenters. The molecule has 0 amide bonds. The average Bonchev–Trinajstić information content (AvgIpc) is 2.56. The van der Waals surface area contributed by atoms with Crippen LogP contribution in [0, 0.1) is 29.0 Å². The number of hydrogen-bond donors (Lipinski definition) is 0. The molecule has 23 heavy (non-hydrogen) atoms. The lowest BCUT2D eigenvalue weighted by Gasteiger charge is -2.09. The Morgan fingerprint density at radius 2 is 1.96 bits per heavy atom. The number of ether oxygens (including phenoxy) is 1. The predicted molar refractivity (Wildman–Crippen MR) is 84.3 cm³/mol. The molecular weight excluding hydrogens is 293 g/mol. The number of carbonyl (C=O) groups excluding carboxylic acids is 1. The third-order valence-electron chi connectivity index (χ3n) is 3.16. The van der Waals surface area contributed by atoms with E-state index in [0.29, 0.717) is 17.7 Å². The molecule has 0 saturated heterocycles. The Morgan fingerprint density at radius 1 is 1.22 bits per heavy atom. The summed E-state index contributed by atoms with van der Waals surface area (Å²) in [5.74, 6) is 3.63. The normalized spacial score (nSPS) is 9.43. The second kappa shape index (κ2) is 7.77. The quantitative estimate of drug-likeness (QED) is 0.489. The van der Waals surface area contributed by atoms with Gasteiger partial charge in [-0.3, -0.25) is 0 Å². The lowest BCUT2D eigenvalue weighted by atomic mass is 10.0. The summed E-state index contributed by atoms with van der Waals surface area (Å²) < 4.78 is 19.7. The van der Waals surface area contributed by atoms with Gasteiger partial charge in [0.2, 0.25) is 0 Å². The molecule has 114 valence electrons. The van der Waals surface area contributed by atoms with Gasteiger partial charge in [0.1, 0.15) is 11.6 Å². The van der Waals surface area contributed by atoms with Gasteiger partial charge in [-0.15, -0.1) is 0 Å². The fraction of sp³-hybridized carbons (Fsp3) is 0.158. The molecule has 0 spiro atoms. The van der Waals surface area contributed by atoms with Crippen LogP contribution in [0.3, 0.4) is 0 Å². The number of carbonyl (C=O) groups is 1. The van der Waals surface area contributed by atoms with Crippen LogP contribution in [0.2, 0.25) is 0 Å². The number of nitrogens with zero attached hydrogens (tertiary/aromatic N) is 1. The van der Waals surface area contributed by atoms with E-state index in [1.54, 1.807) is 42.5 Å². The van der Waals surface area contributed by atoms with Crippen molar-refractivity contribution in [3.8, 4) is 23.7 Å². The maximum Gasteiger partial charge on any atom is 0.344 e. The first-order valence-electron chi connectivity index (χ1n) is 7.16. The van der Waals surface area contributed by atoms with E-state index in [2.05, 4.69) is 11.8 Å². The molecule has 0 heterocycles. The van der Waals surface area contributed by atoms with Crippen molar-refractivity contribution in [2.45, 2.75) is 19.8 Å². The highest BCUT2D eigenvalue weighted by Gasteiger charge is 2.18. The van der Waals surface area contributed by atoms with Gasteiger partial charge in [-0.1, -0.05) is 37.6 Å². The van der Waals surface area contributed by atoms with E-state index in [-0.39, 0.29) is 11.1 Å². The number of benzene rings is 2. The number of para-hydroxylation sites is 1. The number of hydrogen-bond acceptors (Lipinski definition) is 3. The lowest BCUT2D eigenvalue weighted by Crippen LogP contribution is -2.12. The molecule has 0 aliphatic carbocycles. The van der Waals surface area contributed by atoms with E-state index in [9.17, 15) is 9.18 Å². The molecule has 2 aromatic rings. The number of rotatable bonds is 4. The summed E-state index contributed by atoms with van der Waals surface area (Å²) in [4.78, 5) is 12.3. The molecule has 0 saturated carbocycles. The molecular formula is C19H14FNO2. The van der Waals surface area contributed by atoms with Crippen LogP contribution in [0.5, 0.6) is 5.75 Å². The Balaban J connectivity index is 2.43. The third-order valence-corrected chi connectivity index (χ3v) is 3.16. The molecule has 3 nitrogen and oxygen atoms in total. The maximum absolute atomic E-state index is 14.5. The Morgan fingerprint density at radius 3 is 2.61 bits per heavy atom. The summed E-state index contributed by atoms with van der Waals surface area (Å²) >= 11 is 0. The van der Waals surface area contributed by atoms with Crippen molar-refractivity contribution in [3.63, 3.8) is 0 Å². The highest BCUT2D eigenvalue weighted by Crippen LogP contribution is 2.21. The van der Waals surface area contributed by atoms with Crippen LogP contribution in [0.15, 0.2) is 42.5 Å². The van der Waals surface area contributed by atoms with Gasteiger partial charge < -0.3 is 4.74 Å². The van der Waals surface area contributed by atoms with E-state index in [1.807, 2.05) is 6.92 Å². The summed E-state index contributed by atoms with van der Waals surface area (Å²) in [6, 6.07) is 13.2. The van der Waals surface area contributed by atoms with Crippen molar-refractivity contribution in [2.75, 3.05) is 0 Å². The van der Waals surface area contributed by atoms with E-state index < -0.39 is 11.8 Å². The fourth-order valence-electron chi connectivity index (χ4n) is 2.11. The third kappa shape index (κ3) is 3.96. The maximum atomic E-state index is 14.5. The zero-order chi connectivity index (χ0) is 16.7. The number of esters is 1. The van der Waals surface area contributed by atoms with E-state index >= 15 is 0 Å². The molecule has 0 unspecified atom stereocenters. The second-order valence-corrected chi connectivity index (χ2v) is 4.78. The number of aryl methyl sites for hydroxylation is 1. The summed E-state index contributed by atoms with van der Waals surface area (Å²) in [7, 11) is 0. The van der Waals surface area contributed by atoms with Crippen LogP contribution in [0.4, 0.5) is 4.39 Å². The van der Waals surface area contributed by atoms with Crippen molar-refractivity contribution in [1.29, 1.82) is 5.26 Å². The van der Waals surface area contributed by atoms with Gasteiger partial charge in [-0.2, -0.15) is 5.26 Å². The zero-order valence-corrected chi connectivity index (χ0v) is 12.6. The van der Waals surface area contributed by atoms with Gasteiger partial charge >= 0.3 is 5.97 Å². The minimum absolute atomic E-state index is 0.00829.